The van der Waals surface area contributed by atoms with E-state index in [0.29, 0.717) is 12.0 Å². The summed E-state index contributed by atoms with van der Waals surface area (Å²) in [6, 6.07) is 4.51. The Labute approximate surface area is 152 Å². The van der Waals surface area contributed by atoms with E-state index in [2.05, 4.69) is 36.5 Å². The molecule has 3 aromatic rings. The van der Waals surface area contributed by atoms with Gasteiger partial charge in [-0.15, -0.1) is 0 Å². The maximum Gasteiger partial charge on any atom is 0.176 e. The molecule has 4 heterocycles. The first-order valence-electron chi connectivity index (χ1n) is 9.25. The second-order valence-corrected chi connectivity index (χ2v) is 7.31. The molecule has 0 unspecified atom stereocenters. The van der Waals surface area contributed by atoms with Crippen LogP contribution in [-0.2, 0) is 4.74 Å². The summed E-state index contributed by atoms with van der Waals surface area (Å²) in [5.41, 5.74) is 3.48. The molecule has 0 spiro atoms. The number of rotatable bonds is 4. The number of anilines is 1. The largest absolute Gasteiger partial charge is 0.457 e. The third-order valence-electron chi connectivity index (χ3n) is 4.94. The minimum absolute atomic E-state index is 0.320. The normalized spacial score (nSPS) is 15.9. The van der Waals surface area contributed by atoms with Crippen molar-refractivity contribution in [2.45, 2.75) is 52.5 Å². The fourth-order valence-corrected chi connectivity index (χ4v) is 3.46. The zero-order chi connectivity index (χ0) is 18.3. The quantitative estimate of drug-likeness (QED) is 0.724. The number of nitrogens with zero attached hydrogens (tertiary/aromatic N) is 2. The van der Waals surface area contributed by atoms with Gasteiger partial charge in [-0.05, 0) is 38.8 Å². The number of fused-ring (bicyclic) bond motifs is 1. The van der Waals surface area contributed by atoms with Gasteiger partial charge in [-0.2, -0.15) is 0 Å². The van der Waals surface area contributed by atoms with Crippen molar-refractivity contribution in [1.29, 1.82) is 0 Å². The molecular weight excluding hydrogens is 330 g/mol. The summed E-state index contributed by atoms with van der Waals surface area (Å²) in [4.78, 5) is 4.89. The van der Waals surface area contributed by atoms with Crippen LogP contribution in [0.2, 0.25) is 0 Å². The Morgan fingerprint density at radius 2 is 1.92 bits per heavy atom. The summed E-state index contributed by atoms with van der Waals surface area (Å²) in [6.45, 7) is 9.68. The van der Waals surface area contributed by atoms with Crippen LogP contribution in [0.5, 0.6) is 0 Å². The van der Waals surface area contributed by atoms with Crippen molar-refractivity contribution < 1.29 is 13.7 Å². The molecule has 1 fully saturated rings. The Balaban J connectivity index is 1.83. The Hall–Kier alpha value is -2.34. The van der Waals surface area contributed by atoms with Crippen LogP contribution in [0.3, 0.4) is 0 Å². The Morgan fingerprint density at radius 3 is 2.58 bits per heavy atom. The van der Waals surface area contributed by atoms with E-state index >= 15 is 0 Å². The summed E-state index contributed by atoms with van der Waals surface area (Å²) in [5.74, 6) is 2.85. The lowest BCUT2D eigenvalue weighted by Gasteiger charge is -2.23. The fourth-order valence-electron chi connectivity index (χ4n) is 3.46. The van der Waals surface area contributed by atoms with Crippen molar-refractivity contribution in [3.05, 3.63) is 29.3 Å². The van der Waals surface area contributed by atoms with Crippen molar-refractivity contribution in [2.75, 3.05) is 18.5 Å². The Kier molecular flexibility index (Phi) is 4.44. The van der Waals surface area contributed by atoms with Crippen LogP contribution < -0.4 is 5.32 Å². The fraction of sp³-hybridized carbons (Fsp3) is 0.500. The molecule has 6 nitrogen and oxygen atoms in total. The number of nitrogens with one attached hydrogen (secondary N) is 1. The van der Waals surface area contributed by atoms with E-state index in [-0.39, 0.29) is 0 Å². The number of aryl methyl sites for hydroxylation is 2. The van der Waals surface area contributed by atoms with E-state index in [4.69, 9.17) is 18.7 Å². The van der Waals surface area contributed by atoms with Crippen LogP contribution in [0.4, 0.5) is 5.82 Å². The maximum absolute atomic E-state index is 6.14. The van der Waals surface area contributed by atoms with Gasteiger partial charge in [0.1, 0.15) is 11.5 Å². The molecule has 3 aromatic heterocycles. The van der Waals surface area contributed by atoms with Gasteiger partial charge in [0, 0.05) is 30.6 Å². The van der Waals surface area contributed by atoms with Gasteiger partial charge in [0.05, 0.1) is 17.0 Å². The molecule has 1 aliphatic rings. The van der Waals surface area contributed by atoms with Gasteiger partial charge in [-0.1, -0.05) is 19.0 Å². The van der Waals surface area contributed by atoms with E-state index in [0.717, 1.165) is 71.3 Å². The van der Waals surface area contributed by atoms with Gasteiger partial charge in [-0.3, -0.25) is 0 Å². The molecule has 138 valence electrons. The Bertz CT molecular complexity index is 900. The van der Waals surface area contributed by atoms with Gasteiger partial charge in [0.15, 0.2) is 11.4 Å². The highest BCUT2D eigenvalue weighted by Crippen LogP contribution is 2.35. The summed E-state index contributed by atoms with van der Waals surface area (Å²) in [6.07, 6.45) is 1.94. The SMILES string of the molecule is Cc1noc(C)c1-c1cc2cc(C(C)C)oc2c(NC2CCOCC2)n1. The predicted octanol–water partition coefficient (Wildman–Crippen LogP) is 4.81. The summed E-state index contributed by atoms with van der Waals surface area (Å²) < 4.78 is 17.0. The van der Waals surface area contributed by atoms with Gasteiger partial charge < -0.3 is 19.0 Å². The molecule has 0 radical (unpaired) electrons. The first kappa shape index (κ1) is 17.1. The lowest BCUT2D eigenvalue weighted by molar-refractivity contribution is 0.0904. The summed E-state index contributed by atoms with van der Waals surface area (Å²) >= 11 is 0. The molecule has 0 aliphatic carbocycles. The lowest BCUT2D eigenvalue weighted by Crippen LogP contribution is -2.28. The van der Waals surface area contributed by atoms with Gasteiger partial charge in [0.25, 0.3) is 0 Å². The molecule has 26 heavy (non-hydrogen) atoms. The van der Waals surface area contributed by atoms with Gasteiger partial charge in [0.2, 0.25) is 0 Å². The first-order valence-corrected chi connectivity index (χ1v) is 9.25. The number of pyridine rings is 1. The molecule has 1 N–H and O–H groups in total. The molecule has 0 atom stereocenters. The molecule has 0 bridgehead atoms. The van der Waals surface area contributed by atoms with E-state index in [1.165, 1.54) is 0 Å². The minimum Gasteiger partial charge on any atom is -0.457 e. The molecule has 1 saturated heterocycles. The highest BCUT2D eigenvalue weighted by atomic mass is 16.5. The van der Waals surface area contributed by atoms with Crippen molar-refractivity contribution in [1.82, 2.24) is 10.1 Å². The zero-order valence-electron chi connectivity index (χ0n) is 15.8. The average Bonchev–Trinajstić information content (AvgIpc) is 3.19. The maximum atomic E-state index is 6.14. The number of furan rings is 1. The molecular formula is C20H25N3O3. The van der Waals surface area contributed by atoms with Crippen LogP contribution in [0, 0.1) is 13.8 Å². The van der Waals surface area contributed by atoms with E-state index in [1.807, 2.05) is 13.8 Å². The van der Waals surface area contributed by atoms with Crippen molar-refractivity contribution in [3.63, 3.8) is 0 Å². The second kappa shape index (κ2) is 6.76. The molecule has 0 aromatic carbocycles. The lowest BCUT2D eigenvalue weighted by atomic mass is 10.1. The number of ether oxygens (including phenoxy) is 1. The van der Waals surface area contributed by atoms with Gasteiger partial charge >= 0.3 is 0 Å². The van der Waals surface area contributed by atoms with Crippen molar-refractivity contribution >= 4 is 16.8 Å². The third kappa shape index (κ3) is 3.09. The smallest absolute Gasteiger partial charge is 0.176 e. The van der Waals surface area contributed by atoms with Crippen molar-refractivity contribution in [3.8, 4) is 11.3 Å². The number of hydrogen-bond acceptors (Lipinski definition) is 6. The second-order valence-electron chi connectivity index (χ2n) is 7.31. The average molecular weight is 355 g/mol. The molecule has 1 aliphatic heterocycles. The molecule has 4 rings (SSSR count). The topological polar surface area (TPSA) is 73.3 Å². The zero-order valence-corrected chi connectivity index (χ0v) is 15.8. The number of aromatic nitrogens is 2. The minimum atomic E-state index is 0.320. The first-order chi connectivity index (χ1) is 12.5. The highest BCUT2D eigenvalue weighted by molar-refractivity contribution is 5.91. The highest BCUT2D eigenvalue weighted by Gasteiger charge is 2.21. The molecule has 0 amide bonds. The van der Waals surface area contributed by atoms with Gasteiger partial charge in [-0.25, -0.2) is 4.98 Å². The van der Waals surface area contributed by atoms with Crippen LogP contribution in [0.1, 0.15) is 49.8 Å². The summed E-state index contributed by atoms with van der Waals surface area (Å²) in [7, 11) is 0. The standard InChI is InChI=1S/C20H25N3O3/c1-11(2)17-10-14-9-16(18-12(3)23-26-13(18)4)22-20(19(14)25-17)21-15-5-7-24-8-6-15/h9-11,15H,5-8H2,1-4H3,(H,21,22). The van der Waals surface area contributed by atoms with E-state index < -0.39 is 0 Å². The number of hydrogen-bond donors (Lipinski definition) is 1. The van der Waals surface area contributed by atoms with Crippen LogP contribution >= 0.6 is 0 Å². The monoisotopic (exact) mass is 355 g/mol. The van der Waals surface area contributed by atoms with E-state index in [1.54, 1.807) is 0 Å². The predicted molar refractivity (Wildman–Crippen MR) is 101 cm³/mol. The van der Waals surface area contributed by atoms with Crippen LogP contribution in [0.25, 0.3) is 22.2 Å². The molecule has 0 saturated carbocycles. The van der Waals surface area contributed by atoms with E-state index in [9.17, 15) is 0 Å². The Morgan fingerprint density at radius 1 is 1.15 bits per heavy atom. The molecule has 6 heteroatoms. The summed E-state index contributed by atoms with van der Waals surface area (Å²) in [5, 5.41) is 8.71. The van der Waals surface area contributed by atoms with Crippen molar-refractivity contribution in [2.24, 2.45) is 0 Å². The van der Waals surface area contributed by atoms with Crippen LogP contribution in [-0.4, -0.2) is 29.4 Å². The van der Waals surface area contributed by atoms with Crippen LogP contribution in [0.15, 0.2) is 21.1 Å². The third-order valence-corrected chi connectivity index (χ3v) is 4.94.